The molecule has 0 aromatic carbocycles. The van der Waals surface area contributed by atoms with Crippen molar-refractivity contribution < 1.29 is 19.1 Å². The molecule has 86 valence electrons. The summed E-state index contributed by atoms with van der Waals surface area (Å²) < 4.78 is 9.76. The van der Waals surface area contributed by atoms with Crippen molar-refractivity contribution in [1.29, 1.82) is 0 Å². The molecular formula is C12H14O4. The van der Waals surface area contributed by atoms with E-state index >= 15 is 0 Å². The molecule has 0 fully saturated rings. The number of hydrogen-bond donors (Lipinski definition) is 0. The van der Waals surface area contributed by atoms with Crippen LogP contribution in [0.15, 0.2) is 29.9 Å². The van der Waals surface area contributed by atoms with Gasteiger partial charge in [0.1, 0.15) is 5.94 Å². The number of carbonyl (C=O) groups is 1. The molecule has 1 rings (SSSR count). The van der Waals surface area contributed by atoms with Gasteiger partial charge in [-0.15, -0.1) is 0 Å². The number of carbonyl (C=O) groups excluding carboxylic acids is 2. The fourth-order valence-corrected chi connectivity index (χ4v) is 1.16. The summed E-state index contributed by atoms with van der Waals surface area (Å²) in [5.41, 5.74) is 0.287. The third kappa shape index (κ3) is 3.75. The Morgan fingerprint density at radius 3 is 3.00 bits per heavy atom. The van der Waals surface area contributed by atoms with Gasteiger partial charge in [-0.1, -0.05) is 25.5 Å². The van der Waals surface area contributed by atoms with E-state index in [-0.39, 0.29) is 5.57 Å². The van der Waals surface area contributed by atoms with Crippen molar-refractivity contribution in [3.05, 3.63) is 29.9 Å². The quantitative estimate of drug-likeness (QED) is 0.415. The molecule has 0 heterocycles. The summed E-state index contributed by atoms with van der Waals surface area (Å²) in [5.74, 6) is 1.72. The van der Waals surface area contributed by atoms with Crippen LogP contribution in [0.3, 0.4) is 0 Å². The molecule has 1 unspecified atom stereocenters. The van der Waals surface area contributed by atoms with E-state index in [2.05, 4.69) is 0 Å². The number of ether oxygens (including phenoxy) is 2. The van der Waals surface area contributed by atoms with Crippen molar-refractivity contribution in [2.45, 2.75) is 25.9 Å². The Labute approximate surface area is 94.2 Å². The highest BCUT2D eigenvalue weighted by Gasteiger charge is 2.18. The Morgan fingerprint density at radius 1 is 1.50 bits per heavy atom. The standard InChI is InChI=1S/C12H14O4/c1-2-3-8-15-12(14)16-11-7-5-4-6-10(11)9-13/h4-7,11H,2-3,8H2,1H3. The van der Waals surface area contributed by atoms with Gasteiger partial charge >= 0.3 is 6.16 Å². The second kappa shape index (κ2) is 6.64. The molecule has 1 aliphatic carbocycles. The molecule has 0 saturated carbocycles. The summed E-state index contributed by atoms with van der Waals surface area (Å²) in [6.45, 7) is 2.33. The number of unbranched alkanes of at least 4 members (excludes halogenated alkanes) is 1. The van der Waals surface area contributed by atoms with E-state index in [9.17, 15) is 9.59 Å². The molecule has 0 radical (unpaired) electrons. The monoisotopic (exact) mass is 222 g/mol. The van der Waals surface area contributed by atoms with E-state index < -0.39 is 12.3 Å². The Balaban J connectivity index is 2.41. The summed E-state index contributed by atoms with van der Waals surface area (Å²) in [6.07, 6.45) is 6.83. The third-order valence-corrected chi connectivity index (χ3v) is 2.04. The lowest BCUT2D eigenvalue weighted by molar-refractivity contribution is 0.0458. The molecule has 1 atom stereocenters. The van der Waals surface area contributed by atoms with Gasteiger partial charge in [0.15, 0.2) is 6.10 Å². The highest BCUT2D eigenvalue weighted by Crippen LogP contribution is 2.13. The smallest absolute Gasteiger partial charge is 0.434 e. The Bertz CT molecular complexity index is 348. The van der Waals surface area contributed by atoms with E-state index in [1.54, 1.807) is 30.2 Å². The van der Waals surface area contributed by atoms with Crippen molar-refractivity contribution in [1.82, 2.24) is 0 Å². The molecule has 0 aromatic rings. The van der Waals surface area contributed by atoms with E-state index in [0.717, 1.165) is 12.8 Å². The van der Waals surface area contributed by atoms with Gasteiger partial charge in [0.25, 0.3) is 0 Å². The second-order valence-electron chi connectivity index (χ2n) is 3.29. The predicted octanol–water partition coefficient (Wildman–Crippen LogP) is 2.19. The molecule has 0 bridgehead atoms. The zero-order chi connectivity index (χ0) is 11.8. The van der Waals surface area contributed by atoms with Gasteiger partial charge in [-0.05, 0) is 18.6 Å². The van der Waals surface area contributed by atoms with Crippen LogP contribution in [0.5, 0.6) is 0 Å². The largest absolute Gasteiger partial charge is 0.509 e. The van der Waals surface area contributed by atoms with Gasteiger partial charge in [0, 0.05) is 0 Å². The minimum atomic E-state index is -0.758. The van der Waals surface area contributed by atoms with E-state index in [0.29, 0.717) is 6.61 Å². The third-order valence-electron chi connectivity index (χ3n) is 2.04. The lowest BCUT2D eigenvalue weighted by Gasteiger charge is -2.14. The van der Waals surface area contributed by atoms with Crippen LogP contribution in [-0.2, 0) is 14.3 Å². The molecule has 16 heavy (non-hydrogen) atoms. The Hall–Kier alpha value is -1.80. The van der Waals surface area contributed by atoms with Gasteiger partial charge in [0.2, 0.25) is 0 Å². The minimum absolute atomic E-state index is 0.287. The summed E-state index contributed by atoms with van der Waals surface area (Å²) in [4.78, 5) is 21.7. The summed E-state index contributed by atoms with van der Waals surface area (Å²) >= 11 is 0. The zero-order valence-corrected chi connectivity index (χ0v) is 9.14. The Morgan fingerprint density at radius 2 is 2.31 bits per heavy atom. The molecule has 0 amide bonds. The van der Waals surface area contributed by atoms with Crippen LogP contribution in [-0.4, -0.2) is 24.8 Å². The molecule has 4 nitrogen and oxygen atoms in total. The van der Waals surface area contributed by atoms with E-state index in [4.69, 9.17) is 9.47 Å². The molecule has 1 aliphatic rings. The summed E-state index contributed by atoms with van der Waals surface area (Å²) in [5, 5.41) is 0. The molecule has 0 aliphatic heterocycles. The number of hydrogen-bond acceptors (Lipinski definition) is 4. The first-order chi connectivity index (χ1) is 7.77. The van der Waals surface area contributed by atoms with Crippen molar-refractivity contribution >= 4 is 12.1 Å². The van der Waals surface area contributed by atoms with Crippen molar-refractivity contribution in [3.63, 3.8) is 0 Å². The minimum Gasteiger partial charge on any atom is -0.434 e. The molecule has 0 aromatic heterocycles. The molecule has 0 saturated heterocycles. The number of allylic oxidation sites excluding steroid dienone is 2. The van der Waals surface area contributed by atoms with Crippen molar-refractivity contribution in [3.8, 4) is 0 Å². The van der Waals surface area contributed by atoms with Gasteiger partial charge in [-0.3, -0.25) is 0 Å². The van der Waals surface area contributed by atoms with Crippen molar-refractivity contribution in [2.24, 2.45) is 0 Å². The molecular weight excluding hydrogens is 208 g/mol. The van der Waals surface area contributed by atoms with Crippen LogP contribution < -0.4 is 0 Å². The maximum Gasteiger partial charge on any atom is 0.509 e. The number of rotatable bonds is 4. The van der Waals surface area contributed by atoms with E-state index in [1.807, 2.05) is 6.92 Å². The normalized spacial score (nSPS) is 18.1. The first kappa shape index (κ1) is 12.3. The maximum atomic E-state index is 11.2. The topological polar surface area (TPSA) is 52.6 Å². The highest BCUT2D eigenvalue weighted by molar-refractivity contribution is 5.66. The van der Waals surface area contributed by atoms with Gasteiger partial charge < -0.3 is 9.47 Å². The fraction of sp³-hybridized carbons (Fsp3) is 0.417. The van der Waals surface area contributed by atoms with Gasteiger partial charge in [-0.2, -0.15) is 0 Å². The average molecular weight is 222 g/mol. The molecule has 4 heteroatoms. The van der Waals surface area contributed by atoms with Gasteiger partial charge in [-0.25, -0.2) is 9.59 Å². The molecule has 0 N–H and O–H groups in total. The van der Waals surface area contributed by atoms with Crippen molar-refractivity contribution in [2.75, 3.05) is 6.61 Å². The summed E-state index contributed by atoms with van der Waals surface area (Å²) in [6, 6.07) is 0. The van der Waals surface area contributed by atoms with Crippen LogP contribution in [0.4, 0.5) is 4.79 Å². The van der Waals surface area contributed by atoms with E-state index in [1.165, 1.54) is 0 Å². The van der Waals surface area contributed by atoms with Crippen LogP contribution in [0.25, 0.3) is 0 Å². The lowest BCUT2D eigenvalue weighted by Crippen LogP contribution is -2.20. The SMILES string of the molecule is CCCCOC(=O)OC1C=CC=CC1=C=O. The average Bonchev–Trinajstić information content (AvgIpc) is 2.30. The van der Waals surface area contributed by atoms with Crippen LogP contribution in [0.1, 0.15) is 19.8 Å². The maximum absolute atomic E-state index is 11.2. The first-order valence-electron chi connectivity index (χ1n) is 5.21. The summed E-state index contributed by atoms with van der Waals surface area (Å²) in [7, 11) is 0. The highest BCUT2D eigenvalue weighted by atomic mass is 16.7. The fourth-order valence-electron chi connectivity index (χ4n) is 1.16. The van der Waals surface area contributed by atoms with Crippen LogP contribution in [0, 0.1) is 0 Å². The first-order valence-corrected chi connectivity index (χ1v) is 5.21. The second-order valence-corrected chi connectivity index (χ2v) is 3.29. The Kier molecular flexibility index (Phi) is 5.09. The predicted molar refractivity (Wildman–Crippen MR) is 58.6 cm³/mol. The lowest BCUT2D eigenvalue weighted by atomic mass is 10.1. The zero-order valence-electron chi connectivity index (χ0n) is 9.14. The van der Waals surface area contributed by atoms with Gasteiger partial charge in [0.05, 0.1) is 12.2 Å². The molecule has 0 spiro atoms. The van der Waals surface area contributed by atoms with Crippen LogP contribution in [0.2, 0.25) is 0 Å². The van der Waals surface area contributed by atoms with Crippen LogP contribution >= 0.6 is 0 Å².